The van der Waals surface area contributed by atoms with E-state index in [1.54, 1.807) is 5.32 Å². The SMILES string of the molecule is FC(F)(F)C1(C(F)(F)F)N[C@H]2[C@@H](Br)[C@H]1C[C@H]2Br. The topological polar surface area (TPSA) is 12.0 Å². The molecule has 1 saturated heterocycles. The summed E-state index contributed by atoms with van der Waals surface area (Å²) in [6, 6.07) is -0.872. The first kappa shape index (κ1) is 13.9. The minimum Gasteiger partial charge on any atom is -0.291 e. The molecule has 0 unspecified atom stereocenters. The number of hydrogen-bond acceptors (Lipinski definition) is 1. The maximum absolute atomic E-state index is 12.9. The molecule has 100 valence electrons. The average Bonchev–Trinajstić information content (AvgIpc) is 2.53. The van der Waals surface area contributed by atoms with E-state index >= 15 is 0 Å². The summed E-state index contributed by atoms with van der Waals surface area (Å²) in [5.41, 5.74) is -3.79. The van der Waals surface area contributed by atoms with Crippen LogP contribution in [0.25, 0.3) is 0 Å². The van der Waals surface area contributed by atoms with Crippen LogP contribution < -0.4 is 5.32 Å². The Hall–Kier alpha value is 0.500. The number of alkyl halides is 8. The summed E-state index contributed by atoms with van der Waals surface area (Å²) < 4.78 is 77.1. The average molecular weight is 391 g/mol. The van der Waals surface area contributed by atoms with Gasteiger partial charge in [-0.2, -0.15) is 26.3 Å². The van der Waals surface area contributed by atoms with Gasteiger partial charge in [0.2, 0.25) is 5.54 Å². The van der Waals surface area contributed by atoms with Gasteiger partial charge in [-0.3, -0.25) is 5.32 Å². The van der Waals surface area contributed by atoms with Gasteiger partial charge in [-0.25, -0.2) is 0 Å². The van der Waals surface area contributed by atoms with Gasteiger partial charge in [0.1, 0.15) is 0 Å². The zero-order valence-corrected chi connectivity index (χ0v) is 11.2. The van der Waals surface area contributed by atoms with Crippen LogP contribution in [0.4, 0.5) is 26.3 Å². The molecule has 2 rings (SSSR count). The summed E-state index contributed by atoms with van der Waals surface area (Å²) in [5, 5.41) is 1.74. The van der Waals surface area contributed by atoms with E-state index in [1.807, 2.05) is 0 Å². The molecule has 4 atom stereocenters. The fourth-order valence-electron chi connectivity index (χ4n) is 2.67. The van der Waals surface area contributed by atoms with E-state index in [0.717, 1.165) is 0 Å². The summed E-state index contributed by atoms with van der Waals surface area (Å²) in [7, 11) is 0. The van der Waals surface area contributed by atoms with Crippen molar-refractivity contribution in [2.24, 2.45) is 5.92 Å². The van der Waals surface area contributed by atoms with Crippen LogP contribution in [-0.2, 0) is 0 Å². The number of nitrogens with one attached hydrogen (secondary N) is 1. The smallest absolute Gasteiger partial charge is 0.291 e. The van der Waals surface area contributed by atoms with E-state index in [-0.39, 0.29) is 11.2 Å². The third-order valence-corrected chi connectivity index (χ3v) is 5.59. The van der Waals surface area contributed by atoms with Gasteiger partial charge >= 0.3 is 12.4 Å². The summed E-state index contributed by atoms with van der Waals surface area (Å²) in [6.45, 7) is 0. The first-order valence-corrected chi connectivity index (χ1v) is 6.55. The minimum atomic E-state index is -5.36. The van der Waals surface area contributed by atoms with Crippen molar-refractivity contribution < 1.29 is 26.3 Å². The standard InChI is InChI=1S/C8H7Br2F6N/c9-3-1-2-4(10)5(3)17-6(2,7(11,12)13)8(14,15)16/h2-5,17H,1H2/t2-,3-,4+,5-/m1/s1. The maximum Gasteiger partial charge on any atom is 0.415 e. The summed E-state index contributed by atoms with van der Waals surface area (Å²) >= 11 is 6.03. The predicted octanol–water partition coefficient (Wildman–Crippen LogP) is 3.37. The second-order valence-corrected chi connectivity index (χ2v) is 6.51. The Kier molecular flexibility index (Phi) is 3.07. The molecule has 0 aromatic carbocycles. The van der Waals surface area contributed by atoms with Crippen molar-refractivity contribution >= 4 is 31.9 Å². The highest BCUT2D eigenvalue weighted by Crippen LogP contribution is 2.59. The van der Waals surface area contributed by atoms with Crippen molar-refractivity contribution in [3.63, 3.8) is 0 Å². The highest BCUT2D eigenvalue weighted by molar-refractivity contribution is 9.10. The molecule has 1 aliphatic carbocycles. The second-order valence-electron chi connectivity index (χ2n) is 4.28. The predicted molar refractivity (Wildman–Crippen MR) is 55.3 cm³/mol. The van der Waals surface area contributed by atoms with Gasteiger partial charge in [-0.05, 0) is 6.42 Å². The van der Waals surface area contributed by atoms with Crippen molar-refractivity contribution in [2.75, 3.05) is 0 Å². The van der Waals surface area contributed by atoms with Gasteiger partial charge < -0.3 is 0 Å². The van der Waals surface area contributed by atoms with Gasteiger partial charge in [0.25, 0.3) is 0 Å². The largest absolute Gasteiger partial charge is 0.415 e. The van der Waals surface area contributed by atoms with Crippen molar-refractivity contribution in [1.29, 1.82) is 0 Å². The molecular weight excluding hydrogens is 384 g/mol. The summed E-state index contributed by atoms with van der Waals surface area (Å²) in [6.07, 6.45) is -10.9. The number of halogens is 8. The molecule has 17 heavy (non-hydrogen) atoms. The molecule has 0 aromatic rings. The van der Waals surface area contributed by atoms with Crippen LogP contribution >= 0.6 is 31.9 Å². The van der Waals surface area contributed by atoms with E-state index in [2.05, 4.69) is 31.9 Å². The van der Waals surface area contributed by atoms with Gasteiger partial charge in [0, 0.05) is 21.6 Å². The summed E-state index contributed by atoms with van der Waals surface area (Å²) in [4.78, 5) is -1.22. The fraction of sp³-hybridized carbons (Fsp3) is 1.00. The molecule has 0 radical (unpaired) electrons. The molecule has 1 heterocycles. The lowest BCUT2D eigenvalue weighted by Crippen LogP contribution is -2.70. The van der Waals surface area contributed by atoms with Crippen molar-refractivity contribution in [1.82, 2.24) is 5.32 Å². The van der Waals surface area contributed by atoms with Gasteiger partial charge in [-0.15, -0.1) is 0 Å². The Labute approximate surface area is 110 Å². The molecule has 1 nitrogen and oxygen atoms in total. The maximum atomic E-state index is 12.9. The monoisotopic (exact) mass is 389 g/mol. The quantitative estimate of drug-likeness (QED) is 0.494. The molecule has 2 bridgehead atoms. The van der Waals surface area contributed by atoms with E-state index in [1.165, 1.54) is 0 Å². The zero-order valence-electron chi connectivity index (χ0n) is 8.04. The molecule has 0 spiro atoms. The first-order valence-electron chi connectivity index (χ1n) is 4.71. The molecule has 0 aromatic heterocycles. The van der Waals surface area contributed by atoms with Gasteiger partial charge in [-0.1, -0.05) is 31.9 Å². The molecule has 9 heteroatoms. The fourth-order valence-corrected chi connectivity index (χ4v) is 5.06. The molecule has 2 aliphatic rings. The number of fused-ring (bicyclic) bond motifs is 2. The van der Waals surface area contributed by atoms with Crippen molar-refractivity contribution in [3.05, 3.63) is 0 Å². The Morgan fingerprint density at radius 3 is 1.71 bits per heavy atom. The minimum absolute atomic E-state index is 0.160. The van der Waals surface area contributed by atoms with Crippen molar-refractivity contribution in [2.45, 2.75) is 40.0 Å². The van der Waals surface area contributed by atoms with E-state index in [4.69, 9.17) is 0 Å². The molecule has 1 N–H and O–H groups in total. The Balaban J connectivity index is 2.48. The van der Waals surface area contributed by atoms with E-state index in [9.17, 15) is 26.3 Å². The lowest BCUT2D eigenvalue weighted by atomic mass is 9.82. The highest BCUT2D eigenvalue weighted by Gasteiger charge is 2.81. The van der Waals surface area contributed by atoms with Crippen LogP contribution in [0.2, 0.25) is 0 Å². The number of piperidine rings is 1. The van der Waals surface area contributed by atoms with Gasteiger partial charge in [0.15, 0.2) is 0 Å². The highest BCUT2D eigenvalue weighted by atomic mass is 79.9. The normalized spacial score (nSPS) is 40.9. The molecule has 0 amide bonds. The summed E-state index contributed by atoms with van der Waals surface area (Å²) in [5.74, 6) is -1.54. The third-order valence-electron chi connectivity index (χ3n) is 3.44. The third kappa shape index (κ3) is 1.68. The van der Waals surface area contributed by atoms with Crippen LogP contribution in [0.3, 0.4) is 0 Å². The van der Waals surface area contributed by atoms with Crippen LogP contribution in [0.15, 0.2) is 0 Å². The molecular formula is C8H7Br2F6N. The first-order chi connectivity index (χ1) is 7.52. The Morgan fingerprint density at radius 2 is 1.47 bits per heavy atom. The molecule has 2 fully saturated rings. The van der Waals surface area contributed by atoms with Crippen LogP contribution in [0.5, 0.6) is 0 Å². The van der Waals surface area contributed by atoms with Crippen LogP contribution in [0.1, 0.15) is 6.42 Å². The van der Waals surface area contributed by atoms with Crippen molar-refractivity contribution in [3.8, 4) is 0 Å². The molecule has 1 aliphatic heterocycles. The Bertz CT molecular complexity index is 313. The van der Waals surface area contributed by atoms with Gasteiger partial charge in [0.05, 0.1) is 0 Å². The zero-order chi connectivity index (χ0) is 13.2. The second kappa shape index (κ2) is 3.75. The van der Waals surface area contributed by atoms with E-state index < -0.39 is 34.7 Å². The Morgan fingerprint density at radius 1 is 1.00 bits per heavy atom. The molecule has 1 saturated carbocycles. The van der Waals surface area contributed by atoms with Crippen LogP contribution in [-0.4, -0.2) is 33.6 Å². The number of hydrogen-bond donors (Lipinski definition) is 1. The lowest BCUT2D eigenvalue weighted by Gasteiger charge is -2.41. The van der Waals surface area contributed by atoms with E-state index in [0.29, 0.717) is 0 Å². The number of rotatable bonds is 0. The lowest BCUT2D eigenvalue weighted by molar-refractivity contribution is -0.318. The van der Waals surface area contributed by atoms with Crippen LogP contribution in [0, 0.1) is 5.92 Å².